The zero-order chi connectivity index (χ0) is 11.9. The van der Waals surface area contributed by atoms with Crippen LogP contribution in [-0.4, -0.2) is 25.2 Å². The molecule has 0 bridgehead atoms. The summed E-state index contributed by atoms with van der Waals surface area (Å²) in [6, 6.07) is 0.404. The van der Waals surface area contributed by atoms with Crippen LogP contribution in [0.3, 0.4) is 0 Å². The first-order chi connectivity index (χ1) is 7.70. The largest absolute Gasteiger partial charge is 0.361 e. The van der Waals surface area contributed by atoms with Crippen LogP contribution in [0.15, 0.2) is 4.99 Å². The molecule has 0 saturated heterocycles. The molecule has 0 aliphatic heterocycles. The fourth-order valence-corrected chi connectivity index (χ4v) is 6.47. The lowest BCUT2D eigenvalue weighted by atomic mass is 10.3. The maximum absolute atomic E-state index is 12.0. The van der Waals surface area contributed by atoms with Gasteiger partial charge in [0.2, 0.25) is 0 Å². The highest BCUT2D eigenvalue weighted by Crippen LogP contribution is 2.60. The van der Waals surface area contributed by atoms with Gasteiger partial charge in [-0.1, -0.05) is 30.6 Å². The van der Waals surface area contributed by atoms with Crippen LogP contribution in [0.5, 0.6) is 0 Å². The summed E-state index contributed by atoms with van der Waals surface area (Å²) in [4.78, 5) is 4.35. The van der Waals surface area contributed by atoms with Crippen molar-refractivity contribution in [1.29, 1.82) is 0 Å². The van der Waals surface area contributed by atoms with Crippen LogP contribution < -0.4 is 5.09 Å². The second-order valence-electron chi connectivity index (χ2n) is 3.51. The quantitative estimate of drug-likeness (QED) is 0.334. The monoisotopic (exact) mass is 282 g/mol. The minimum atomic E-state index is -2.79. The third-order valence-electron chi connectivity index (χ3n) is 2.33. The Hall–Kier alpha value is 0.360. The number of nitrogens with one attached hydrogen (secondary N) is 1. The van der Waals surface area contributed by atoms with E-state index in [9.17, 15) is 4.57 Å². The summed E-state index contributed by atoms with van der Waals surface area (Å²) in [5, 5.41) is 2.79. The molecule has 0 aromatic rings. The Balaban J connectivity index is 2.34. The zero-order valence-electron chi connectivity index (χ0n) is 9.72. The van der Waals surface area contributed by atoms with Crippen LogP contribution >= 0.6 is 27.9 Å². The molecule has 1 saturated carbocycles. The summed E-state index contributed by atoms with van der Waals surface area (Å²) >= 11 is 0. The summed E-state index contributed by atoms with van der Waals surface area (Å²) in [7, 11) is 4.24. The molecule has 0 aromatic heterocycles. The standard InChI is InChI=1S/C9H19N2O2PS2/c1-3-15-16-14(12,13-2)11-8-10-9-6-4-5-7-9/h8-9H,3-7H2,1-2H3,(H,10,11,12). The van der Waals surface area contributed by atoms with Crippen LogP contribution in [0.4, 0.5) is 0 Å². The highest BCUT2D eigenvalue weighted by Gasteiger charge is 2.21. The maximum Gasteiger partial charge on any atom is 0.361 e. The molecule has 1 rings (SSSR count). The average Bonchev–Trinajstić information content (AvgIpc) is 2.79. The third kappa shape index (κ3) is 5.13. The van der Waals surface area contributed by atoms with Crippen LogP contribution in [0, 0.1) is 0 Å². The van der Waals surface area contributed by atoms with Gasteiger partial charge in [-0.3, -0.25) is 14.6 Å². The molecule has 0 spiro atoms. The molecule has 0 aromatic carbocycles. The first-order valence-electron chi connectivity index (χ1n) is 5.46. The summed E-state index contributed by atoms with van der Waals surface area (Å²) < 4.78 is 17.0. The van der Waals surface area contributed by atoms with E-state index in [1.54, 1.807) is 6.34 Å². The first-order valence-corrected chi connectivity index (χ1v) is 10.0. The van der Waals surface area contributed by atoms with E-state index in [1.807, 2.05) is 6.92 Å². The van der Waals surface area contributed by atoms with Gasteiger partial charge < -0.3 is 4.52 Å². The van der Waals surface area contributed by atoms with E-state index in [1.165, 1.54) is 41.2 Å². The smallest absolute Gasteiger partial charge is 0.309 e. The first kappa shape index (κ1) is 14.4. The van der Waals surface area contributed by atoms with Gasteiger partial charge in [0.05, 0.1) is 12.4 Å². The van der Waals surface area contributed by atoms with Crippen LogP contribution in [0.25, 0.3) is 0 Å². The predicted molar refractivity (Wildman–Crippen MR) is 74.2 cm³/mol. The van der Waals surface area contributed by atoms with Crippen LogP contribution in [-0.2, 0) is 9.09 Å². The number of rotatable bonds is 7. The number of hydrogen-bond acceptors (Lipinski definition) is 5. The molecule has 1 aliphatic carbocycles. The van der Waals surface area contributed by atoms with Gasteiger partial charge >= 0.3 is 6.72 Å². The predicted octanol–water partition coefficient (Wildman–Crippen LogP) is 3.70. The maximum atomic E-state index is 12.0. The van der Waals surface area contributed by atoms with Crippen molar-refractivity contribution in [3.63, 3.8) is 0 Å². The van der Waals surface area contributed by atoms with Gasteiger partial charge in [0.1, 0.15) is 0 Å². The fraction of sp³-hybridized carbons (Fsp3) is 0.889. The summed E-state index contributed by atoms with van der Waals surface area (Å²) in [5.41, 5.74) is 0. The van der Waals surface area contributed by atoms with Gasteiger partial charge in [-0.15, -0.1) is 0 Å². The second-order valence-corrected chi connectivity index (χ2v) is 10.0. The number of aliphatic imine (C=N–C) groups is 1. The van der Waals surface area contributed by atoms with E-state index in [0.717, 1.165) is 18.6 Å². The van der Waals surface area contributed by atoms with Crippen molar-refractivity contribution in [3.8, 4) is 0 Å². The lowest BCUT2D eigenvalue weighted by Crippen LogP contribution is -2.09. The van der Waals surface area contributed by atoms with Gasteiger partial charge in [-0.05, 0) is 12.8 Å². The van der Waals surface area contributed by atoms with Crippen molar-refractivity contribution in [2.24, 2.45) is 4.99 Å². The molecule has 0 heterocycles. The lowest BCUT2D eigenvalue weighted by molar-refractivity contribution is 0.406. The normalized spacial score (nSPS) is 21.4. The van der Waals surface area contributed by atoms with Gasteiger partial charge in [-0.25, -0.2) is 0 Å². The van der Waals surface area contributed by atoms with Crippen molar-refractivity contribution in [2.45, 2.75) is 38.6 Å². The molecule has 7 heteroatoms. The van der Waals surface area contributed by atoms with Crippen molar-refractivity contribution < 1.29 is 9.09 Å². The Morgan fingerprint density at radius 1 is 1.56 bits per heavy atom. The topological polar surface area (TPSA) is 50.7 Å². The fourth-order valence-electron chi connectivity index (χ4n) is 1.49. The van der Waals surface area contributed by atoms with Gasteiger partial charge in [0, 0.05) is 23.3 Å². The Bertz CT molecular complexity index is 270. The number of nitrogens with zero attached hydrogens (tertiary/aromatic N) is 1. The Morgan fingerprint density at radius 3 is 2.81 bits per heavy atom. The molecular weight excluding hydrogens is 263 g/mol. The van der Waals surface area contributed by atoms with Gasteiger partial charge in [-0.2, -0.15) is 0 Å². The third-order valence-corrected chi connectivity index (χ3v) is 8.88. The molecule has 1 unspecified atom stereocenters. The summed E-state index contributed by atoms with van der Waals surface area (Å²) in [6.07, 6.45) is 6.36. The van der Waals surface area contributed by atoms with Crippen LogP contribution in [0.2, 0.25) is 0 Å². The highest BCUT2D eigenvalue weighted by molar-refractivity contribution is 8.99. The molecule has 1 aliphatic rings. The van der Waals surface area contributed by atoms with Crippen molar-refractivity contribution in [2.75, 3.05) is 12.9 Å². The summed E-state index contributed by atoms with van der Waals surface area (Å²) in [5.74, 6) is 0.902. The molecule has 16 heavy (non-hydrogen) atoms. The minimum absolute atomic E-state index is 0.404. The van der Waals surface area contributed by atoms with E-state index in [0.29, 0.717) is 6.04 Å². The average molecular weight is 282 g/mol. The Morgan fingerprint density at radius 2 is 2.25 bits per heavy atom. The van der Waals surface area contributed by atoms with Gasteiger partial charge in [0.15, 0.2) is 0 Å². The molecule has 94 valence electrons. The minimum Gasteiger partial charge on any atom is -0.309 e. The van der Waals surface area contributed by atoms with E-state index in [-0.39, 0.29) is 0 Å². The van der Waals surface area contributed by atoms with E-state index in [2.05, 4.69) is 10.1 Å². The Labute approximate surface area is 105 Å². The molecule has 1 N–H and O–H groups in total. The Kier molecular flexibility index (Phi) is 6.89. The highest BCUT2D eigenvalue weighted by atomic mass is 33.3. The SMILES string of the molecule is CCSSP(=O)(NC=NC1CCCC1)OC. The molecule has 0 radical (unpaired) electrons. The molecule has 1 atom stereocenters. The lowest BCUT2D eigenvalue weighted by Gasteiger charge is -2.13. The second kappa shape index (κ2) is 7.64. The van der Waals surface area contributed by atoms with Gasteiger partial charge in [0.25, 0.3) is 0 Å². The number of hydrogen-bond donors (Lipinski definition) is 1. The molecule has 1 fully saturated rings. The molecule has 0 amide bonds. The zero-order valence-corrected chi connectivity index (χ0v) is 12.2. The summed E-state index contributed by atoms with van der Waals surface area (Å²) in [6.45, 7) is -0.775. The van der Waals surface area contributed by atoms with E-state index < -0.39 is 6.72 Å². The van der Waals surface area contributed by atoms with Crippen molar-refractivity contribution >= 4 is 34.3 Å². The van der Waals surface area contributed by atoms with E-state index >= 15 is 0 Å². The van der Waals surface area contributed by atoms with Crippen LogP contribution in [0.1, 0.15) is 32.6 Å². The molecule has 4 nitrogen and oxygen atoms in total. The van der Waals surface area contributed by atoms with Crippen molar-refractivity contribution in [1.82, 2.24) is 5.09 Å². The van der Waals surface area contributed by atoms with Crippen molar-refractivity contribution in [3.05, 3.63) is 0 Å². The molecular formula is C9H19N2O2PS2. The van der Waals surface area contributed by atoms with E-state index in [4.69, 9.17) is 4.52 Å².